The second-order valence-corrected chi connectivity index (χ2v) is 24.4. The Bertz CT molecular complexity index is 4010. The van der Waals surface area contributed by atoms with Crippen LogP contribution in [0, 0.1) is 6.92 Å². The van der Waals surface area contributed by atoms with Gasteiger partial charge in [-0.1, -0.05) is 29.8 Å². The molecule has 2 bridgehead atoms. The third kappa shape index (κ3) is 16.4. The number of likely N-dealkylation sites (N-methyl/N-ethyl adjacent to an activating group) is 5. The molecule has 0 radical (unpaired) electrons. The van der Waals surface area contributed by atoms with Crippen molar-refractivity contribution in [3.63, 3.8) is 0 Å². The molecule has 0 aliphatic carbocycles. The minimum absolute atomic E-state index is 0.184. The molecule has 4 aromatic heterocycles. The number of anilines is 4. The van der Waals surface area contributed by atoms with E-state index in [1.54, 1.807) is 47.8 Å². The monoisotopic (exact) mass is 1290 g/mol. The average Bonchev–Trinajstić information content (AvgIpc) is 1.68. The van der Waals surface area contributed by atoms with E-state index in [4.69, 9.17) is 15.6 Å². The number of halogens is 3. The van der Waals surface area contributed by atoms with Crippen LogP contribution in [0.4, 0.5) is 37.0 Å². The zero-order chi connectivity index (χ0) is 65.5. The summed E-state index contributed by atoms with van der Waals surface area (Å²) in [6.07, 6.45) is 0.0764. The van der Waals surface area contributed by atoms with Crippen molar-refractivity contribution in [2.75, 3.05) is 120 Å². The van der Waals surface area contributed by atoms with Gasteiger partial charge in [-0.2, -0.15) is 28.4 Å². The Labute approximate surface area is 512 Å². The third-order valence-electron chi connectivity index (χ3n) is 16.1. The van der Waals surface area contributed by atoms with Crippen LogP contribution in [-0.4, -0.2) is 223 Å². The van der Waals surface area contributed by atoms with Gasteiger partial charge in [0.2, 0.25) is 23.8 Å². The third-order valence-corrected chi connectivity index (χ3v) is 16.6. The molecule has 2 saturated heterocycles. The van der Waals surface area contributed by atoms with Crippen molar-refractivity contribution in [3.05, 3.63) is 119 Å². The number of alkyl halides is 3. The number of aliphatic hydroxyl groups is 1. The number of benzene rings is 1. The van der Waals surface area contributed by atoms with Gasteiger partial charge in [0.1, 0.15) is 18.5 Å². The Hall–Kier alpha value is -8.29. The van der Waals surface area contributed by atoms with Gasteiger partial charge in [-0.3, -0.25) is 37.3 Å². The molecule has 12 rings (SSSR count). The maximum atomic E-state index is 15.1. The number of fused-ring (bicyclic) bond motifs is 6. The van der Waals surface area contributed by atoms with Gasteiger partial charge in [-0.05, 0) is 38.2 Å². The van der Waals surface area contributed by atoms with Crippen LogP contribution in [0.1, 0.15) is 36.8 Å². The van der Waals surface area contributed by atoms with E-state index in [0.717, 1.165) is 56.1 Å². The number of H-pyrrole nitrogens is 1. The van der Waals surface area contributed by atoms with E-state index in [0.29, 0.717) is 85.4 Å². The number of aromatic amines is 1. The molecular weight excluding hydrogens is 1210 g/mol. The summed E-state index contributed by atoms with van der Waals surface area (Å²) in [5, 5.41) is 8.59. The Kier molecular flexibility index (Phi) is 21.9. The second-order valence-electron chi connectivity index (χ2n) is 22.8. The topological polar surface area (TPSA) is 369 Å². The summed E-state index contributed by atoms with van der Waals surface area (Å²) in [5.41, 5.74) is 2.74. The first-order valence-electron chi connectivity index (χ1n) is 29.1. The predicted molar refractivity (Wildman–Crippen MR) is 325 cm³/mol. The fraction of sp³-hybridized carbons (Fsp3) is 0.642. The SMILES string of the molecule is CN1CCN=C1N.CN1CCn2c1nc(=O)[nH]c2=O.CN1CCn2c1nc(=O)n(CC(F)CO)c2=O.CN1CCn2c1nc(=O)n(CC(F)COS(C)(=O)=O)c2=O.Cc1ccc(COC2CC3CCC(C2)N3CC(F)Cn2c(=O)nc3n(c2=O)CCN3C)cc1. The molecule has 0 amide bonds. The molecule has 37 heteroatoms. The standard InChI is InChI=1S/C24H32FN5O3.C10H15FN4O5S.C9H13FN4O3.C6H8N4O2.C4H9N3/c1-16-3-5-17(6-4-16)15-33-21-11-19-7-8-20(12-21)29(19)13-18(25)14-30-23(31)26-22-27(2)9-10-28(22)24(30)32;1-13-3-4-14-8(13)12-9(16)15(10(14)17)5-7(11)6-20-21(2,18)19;1-12-2-3-13-7(12)11-8(16)14(9(13)17)4-6(10)5-15;1-9-2-3-10-5(9)7-4(11)8-6(10)12;1-7-3-2-6-4(7)5/h3-6,18-21H,7-15H2,1-2H3;7H,3-6H2,1-2H3;6,15H,2-5H2,1H3;2-3H2,1H3,(H,8,11,12);2-3H2,1H3,(H2,5,6). The van der Waals surface area contributed by atoms with Crippen LogP contribution in [0.25, 0.3) is 0 Å². The van der Waals surface area contributed by atoms with Crippen molar-refractivity contribution in [1.29, 1.82) is 0 Å². The van der Waals surface area contributed by atoms with Crippen molar-refractivity contribution < 1.29 is 35.6 Å². The number of aliphatic imine (C=N–C) groups is 1. The van der Waals surface area contributed by atoms with Gasteiger partial charge in [-0.15, -0.1) is 0 Å². The first-order chi connectivity index (χ1) is 42.6. The first kappa shape index (κ1) is 67.6. The number of aromatic nitrogens is 12. The van der Waals surface area contributed by atoms with Crippen LogP contribution in [-0.2, 0) is 71.5 Å². The Morgan fingerprint density at radius 2 is 1.03 bits per heavy atom. The normalized spacial score (nSPS) is 19.7. The van der Waals surface area contributed by atoms with Gasteiger partial charge < -0.3 is 40.1 Å². The molecule has 494 valence electrons. The molecular formula is C53H77F3N20O13S. The fourth-order valence-corrected chi connectivity index (χ4v) is 11.5. The van der Waals surface area contributed by atoms with Gasteiger partial charge in [0.05, 0.1) is 58.4 Å². The summed E-state index contributed by atoms with van der Waals surface area (Å²) in [6.45, 7) is 6.23. The van der Waals surface area contributed by atoms with Gasteiger partial charge in [-0.25, -0.2) is 65.2 Å². The largest absolute Gasteiger partial charge is 0.393 e. The van der Waals surface area contributed by atoms with E-state index < -0.39 is 94.8 Å². The summed E-state index contributed by atoms with van der Waals surface area (Å²) in [5.74, 6) is 2.02. The number of hydrogen-bond acceptors (Lipinski definition) is 25. The number of aliphatic hydroxyl groups excluding tert-OH is 1. The van der Waals surface area contributed by atoms with Crippen LogP contribution in [0.2, 0.25) is 0 Å². The summed E-state index contributed by atoms with van der Waals surface area (Å²) in [6, 6.07) is 8.97. The fourth-order valence-electron chi connectivity index (χ4n) is 11.1. The molecule has 11 heterocycles. The lowest BCUT2D eigenvalue weighted by molar-refractivity contribution is -0.0341. The molecule has 90 heavy (non-hydrogen) atoms. The van der Waals surface area contributed by atoms with Crippen LogP contribution in [0.3, 0.4) is 0 Å². The molecule has 1 aromatic carbocycles. The Morgan fingerprint density at radius 3 is 1.44 bits per heavy atom. The van der Waals surface area contributed by atoms with E-state index >= 15 is 4.39 Å². The maximum absolute atomic E-state index is 15.1. The summed E-state index contributed by atoms with van der Waals surface area (Å²) in [4.78, 5) is 127. The van der Waals surface area contributed by atoms with E-state index in [-0.39, 0.29) is 42.9 Å². The number of guanidine groups is 1. The number of ether oxygens (including phenoxy) is 1. The molecule has 0 saturated carbocycles. The van der Waals surface area contributed by atoms with Gasteiger partial charge in [0.25, 0.3) is 10.1 Å². The molecule has 5 aromatic rings. The van der Waals surface area contributed by atoms with E-state index in [9.17, 15) is 55.6 Å². The number of aryl methyl sites for hydroxylation is 1. The molecule has 7 aliphatic heterocycles. The zero-order valence-electron chi connectivity index (χ0n) is 51.1. The lowest BCUT2D eigenvalue weighted by atomic mass is 9.99. The highest BCUT2D eigenvalue weighted by atomic mass is 32.2. The summed E-state index contributed by atoms with van der Waals surface area (Å²) in [7, 11) is 5.15. The quantitative estimate of drug-likeness (QED) is 0.0835. The van der Waals surface area contributed by atoms with Crippen LogP contribution < -0.4 is 70.9 Å². The highest BCUT2D eigenvalue weighted by Gasteiger charge is 2.42. The van der Waals surface area contributed by atoms with Gasteiger partial charge in [0, 0.05) is 113 Å². The van der Waals surface area contributed by atoms with Crippen molar-refractivity contribution in [2.24, 2.45) is 10.7 Å². The Balaban J connectivity index is 0.000000158. The number of piperidine rings is 1. The first-order valence-corrected chi connectivity index (χ1v) is 30.9. The maximum Gasteiger partial charge on any atom is 0.355 e. The van der Waals surface area contributed by atoms with Gasteiger partial charge >= 0.3 is 45.5 Å². The van der Waals surface area contributed by atoms with Crippen molar-refractivity contribution >= 4 is 39.9 Å². The highest BCUT2D eigenvalue weighted by molar-refractivity contribution is 7.86. The molecule has 7 aliphatic rings. The highest BCUT2D eigenvalue weighted by Crippen LogP contribution is 2.37. The van der Waals surface area contributed by atoms with E-state index in [2.05, 4.69) is 70.2 Å². The van der Waals surface area contributed by atoms with Crippen molar-refractivity contribution in [3.8, 4) is 0 Å². The molecule has 0 spiro atoms. The lowest BCUT2D eigenvalue weighted by Crippen LogP contribution is -2.49. The predicted octanol–water partition coefficient (Wildman–Crippen LogP) is -4.30. The minimum Gasteiger partial charge on any atom is -0.393 e. The van der Waals surface area contributed by atoms with Crippen LogP contribution in [0.5, 0.6) is 0 Å². The van der Waals surface area contributed by atoms with Crippen molar-refractivity contribution in [1.82, 2.24) is 66.7 Å². The van der Waals surface area contributed by atoms with E-state index in [1.165, 1.54) is 29.4 Å². The second kappa shape index (κ2) is 29.1. The smallest absolute Gasteiger partial charge is 0.355 e. The molecule has 33 nitrogen and oxygen atoms in total. The van der Waals surface area contributed by atoms with Gasteiger partial charge in [0.15, 0.2) is 5.96 Å². The van der Waals surface area contributed by atoms with Crippen molar-refractivity contribution in [2.45, 2.75) is 122 Å². The summed E-state index contributed by atoms with van der Waals surface area (Å²) < 4.78 is 81.6. The van der Waals surface area contributed by atoms with Crippen LogP contribution >= 0.6 is 0 Å². The number of nitrogens with two attached hydrogens (primary N) is 1. The lowest BCUT2D eigenvalue weighted by Gasteiger charge is -2.39. The van der Waals surface area contributed by atoms with Crippen LogP contribution in [0.15, 0.2) is 67.6 Å². The molecule has 2 fully saturated rings. The average molecular weight is 1290 g/mol. The molecule has 5 atom stereocenters. The van der Waals surface area contributed by atoms with E-state index in [1.807, 2.05) is 11.9 Å². The number of hydrogen-bond donors (Lipinski definition) is 3. The number of nitrogens with one attached hydrogen (secondary N) is 1. The zero-order valence-corrected chi connectivity index (χ0v) is 52.0. The number of nitrogens with zero attached hydrogens (tertiary/aromatic N) is 18. The number of rotatable bonds is 15. The molecule has 4 N–H and O–H groups in total. The Morgan fingerprint density at radius 1 is 0.600 bits per heavy atom. The minimum atomic E-state index is -3.78. The summed E-state index contributed by atoms with van der Waals surface area (Å²) >= 11 is 0. The molecule has 5 unspecified atom stereocenters.